The van der Waals surface area contributed by atoms with Gasteiger partial charge in [-0.2, -0.15) is 13.2 Å². The van der Waals surface area contributed by atoms with Crippen molar-refractivity contribution >= 4 is 17.7 Å². The Bertz CT molecular complexity index is 819. The Morgan fingerprint density at radius 1 is 1.11 bits per heavy atom. The minimum Gasteiger partial charge on any atom is -0.341 e. The number of carbonyl (C=O) groups is 3. The number of nitrogens with zero attached hydrogens (tertiary/aromatic N) is 5. The van der Waals surface area contributed by atoms with Crippen molar-refractivity contribution < 1.29 is 27.6 Å². The SMILES string of the molecule is Cn1c(C(F)(F)F)nn(C2CCN(C(=O)CN3C(=O)CCC3=O)CC2)c1=O. The summed E-state index contributed by atoms with van der Waals surface area (Å²) in [6, 6.07) is -0.557. The fourth-order valence-electron chi connectivity index (χ4n) is 3.34. The molecule has 3 amide bonds. The molecule has 1 aromatic rings. The van der Waals surface area contributed by atoms with Gasteiger partial charge in [0, 0.05) is 33.0 Å². The van der Waals surface area contributed by atoms with Crippen LogP contribution in [0.5, 0.6) is 0 Å². The Kier molecular flexibility index (Phi) is 4.82. The van der Waals surface area contributed by atoms with Crippen molar-refractivity contribution in [2.24, 2.45) is 7.05 Å². The first-order valence-corrected chi connectivity index (χ1v) is 8.43. The monoisotopic (exact) mass is 389 g/mol. The van der Waals surface area contributed by atoms with Crippen molar-refractivity contribution in [2.45, 2.75) is 37.9 Å². The molecular weight excluding hydrogens is 371 g/mol. The van der Waals surface area contributed by atoms with Crippen molar-refractivity contribution in [1.82, 2.24) is 24.1 Å². The fourth-order valence-corrected chi connectivity index (χ4v) is 3.34. The zero-order chi connectivity index (χ0) is 19.9. The van der Waals surface area contributed by atoms with Crippen LogP contribution in [0.4, 0.5) is 13.2 Å². The van der Waals surface area contributed by atoms with E-state index >= 15 is 0 Å². The van der Waals surface area contributed by atoms with Crippen LogP contribution in [0.15, 0.2) is 4.79 Å². The van der Waals surface area contributed by atoms with Gasteiger partial charge < -0.3 is 4.90 Å². The zero-order valence-electron chi connectivity index (χ0n) is 14.5. The van der Waals surface area contributed by atoms with E-state index in [1.165, 1.54) is 4.90 Å². The third-order valence-electron chi connectivity index (χ3n) is 4.87. The van der Waals surface area contributed by atoms with Crippen LogP contribution in [-0.2, 0) is 27.6 Å². The van der Waals surface area contributed by atoms with E-state index in [-0.39, 0.29) is 57.1 Å². The summed E-state index contributed by atoms with van der Waals surface area (Å²) in [4.78, 5) is 49.9. The Balaban J connectivity index is 1.64. The number of imide groups is 1. The van der Waals surface area contributed by atoms with Gasteiger partial charge >= 0.3 is 11.9 Å². The maximum Gasteiger partial charge on any atom is 0.451 e. The third kappa shape index (κ3) is 3.60. The highest BCUT2D eigenvalue weighted by Gasteiger charge is 2.39. The van der Waals surface area contributed by atoms with Gasteiger partial charge in [-0.1, -0.05) is 0 Å². The molecule has 0 aromatic carbocycles. The smallest absolute Gasteiger partial charge is 0.341 e. The highest BCUT2D eigenvalue weighted by Crippen LogP contribution is 2.28. The fraction of sp³-hybridized carbons (Fsp3) is 0.667. The average molecular weight is 389 g/mol. The van der Waals surface area contributed by atoms with Gasteiger partial charge in [0.25, 0.3) is 0 Å². The number of likely N-dealkylation sites (tertiary alicyclic amines) is 2. The molecular formula is C15H18F3N5O4. The van der Waals surface area contributed by atoms with Crippen LogP contribution < -0.4 is 5.69 Å². The summed E-state index contributed by atoms with van der Waals surface area (Å²) in [6.45, 7) is 0.0677. The molecule has 3 heterocycles. The van der Waals surface area contributed by atoms with E-state index < -0.39 is 29.6 Å². The maximum atomic E-state index is 12.9. The van der Waals surface area contributed by atoms with Crippen molar-refractivity contribution in [3.8, 4) is 0 Å². The summed E-state index contributed by atoms with van der Waals surface area (Å²) in [5, 5.41) is 3.42. The van der Waals surface area contributed by atoms with Gasteiger partial charge in [-0.15, -0.1) is 5.10 Å². The molecule has 0 aliphatic carbocycles. The highest BCUT2D eigenvalue weighted by atomic mass is 19.4. The van der Waals surface area contributed by atoms with Crippen molar-refractivity contribution in [1.29, 1.82) is 0 Å². The largest absolute Gasteiger partial charge is 0.451 e. The molecule has 2 aliphatic rings. The van der Waals surface area contributed by atoms with E-state index in [0.29, 0.717) is 4.57 Å². The topological polar surface area (TPSA) is 97.5 Å². The number of alkyl halides is 3. The van der Waals surface area contributed by atoms with Gasteiger partial charge in [-0.05, 0) is 12.8 Å². The number of hydrogen-bond donors (Lipinski definition) is 0. The molecule has 0 unspecified atom stereocenters. The lowest BCUT2D eigenvalue weighted by Crippen LogP contribution is -2.46. The molecule has 1 aromatic heterocycles. The number of hydrogen-bond acceptors (Lipinski definition) is 5. The second-order valence-corrected chi connectivity index (χ2v) is 6.59. The van der Waals surface area contributed by atoms with E-state index in [9.17, 15) is 32.3 Å². The summed E-state index contributed by atoms with van der Waals surface area (Å²) >= 11 is 0. The number of piperidine rings is 1. The minimum absolute atomic E-state index is 0.0956. The number of amides is 3. The Morgan fingerprint density at radius 2 is 1.67 bits per heavy atom. The van der Waals surface area contributed by atoms with Crippen molar-refractivity contribution in [3.63, 3.8) is 0 Å². The normalized spacial score (nSPS) is 19.3. The van der Waals surface area contributed by atoms with Crippen LogP contribution in [0.25, 0.3) is 0 Å². The Hall–Kier alpha value is -2.66. The van der Waals surface area contributed by atoms with Gasteiger partial charge in [0.05, 0.1) is 6.04 Å². The Morgan fingerprint density at radius 3 is 2.15 bits per heavy atom. The molecule has 2 saturated heterocycles. The first-order chi connectivity index (χ1) is 12.6. The van der Waals surface area contributed by atoms with Crippen molar-refractivity contribution in [2.75, 3.05) is 19.6 Å². The molecule has 9 nitrogen and oxygen atoms in total. The molecule has 3 rings (SSSR count). The lowest BCUT2D eigenvalue weighted by atomic mass is 10.1. The van der Waals surface area contributed by atoms with E-state index in [0.717, 1.165) is 16.6 Å². The van der Waals surface area contributed by atoms with Gasteiger partial charge in [-0.25, -0.2) is 9.48 Å². The lowest BCUT2D eigenvalue weighted by molar-refractivity contribution is -0.147. The quantitative estimate of drug-likeness (QED) is 0.674. The first kappa shape index (κ1) is 19.1. The van der Waals surface area contributed by atoms with Gasteiger partial charge in [0.15, 0.2) is 0 Å². The molecule has 0 saturated carbocycles. The number of aromatic nitrogens is 3. The molecule has 148 valence electrons. The second kappa shape index (κ2) is 6.82. The molecule has 0 spiro atoms. The van der Waals surface area contributed by atoms with E-state index in [1.807, 2.05) is 0 Å². The maximum absolute atomic E-state index is 12.9. The minimum atomic E-state index is -4.73. The molecule has 12 heteroatoms. The van der Waals surface area contributed by atoms with Crippen LogP contribution in [0.2, 0.25) is 0 Å². The van der Waals surface area contributed by atoms with Crippen molar-refractivity contribution in [3.05, 3.63) is 16.3 Å². The molecule has 0 atom stereocenters. The van der Waals surface area contributed by atoms with Gasteiger partial charge in [0.1, 0.15) is 6.54 Å². The number of carbonyl (C=O) groups excluding carboxylic acids is 3. The first-order valence-electron chi connectivity index (χ1n) is 8.43. The van der Waals surface area contributed by atoms with Crippen LogP contribution >= 0.6 is 0 Å². The molecule has 0 bridgehead atoms. The summed E-state index contributed by atoms with van der Waals surface area (Å²) < 4.78 is 39.9. The van der Waals surface area contributed by atoms with Gasteiger partial charge in [-0.3, -0.25) is 23.9 Å². The molecule has 27 heavy (non-hydrogen) atoms. The van der Waals surface area contributed by atoms with E-state index in [4.69, 9.17) is 0 Å². The Labute approximate surface area is 151 Å². The predicted octanol–water partition coefficient (Wildman–Crippen LogP) is -0.0869. The van der Waals surface area contributed by atoms with E-state index in [1.54, 1.807) is 0 Å². The highest BCUT2D eigenvalue weighted by molar-refractivity contribution is 6.04. The molecule has 0 N–H and O–H groups in total. The van der Waals surface area contributed by atoms with Crippen LogP contribution in [0.3, 0.4) is 0 Å². The van der Waals surface area contributed by atoms with Crippen LogP contribution in [-0.4, -0.2) is 61.5 Å². The predicted molar refractivity (Wildman–Crippen MR) is 83.3 cm³/mol. The zero-order valence-corrected chi connectivity index (χ0v) is 14.5. The lowest BCUT2D eigenvalue weighted by Gasteiger charge is -2.32. The second-order valence-electron chi connectivity index (χ2n) is 6.59. The molecule has 2 fully saturated rings. The number of halogens is 3. The summed E-state index contributed by atoms with van der Waals surface area (Å²) in [6.07, 6.45) is -4.04. The van der Waals surface area contributed by atoms with Crippen LogP contribution in [0, 0.1) is 0 Å². The molecule has 2 aliphatic heterocycles. The summed E-state index contributed by atoms with van der Waals surface area (Å²) in [5.41, 5.74) is -0.861. The van der Waals surface area contributed by atoms with E-state index in [2.05, 4.69) is 5.10 Å². The summed E-state index contributed by atoms with van der Waals surface area (Å²) in [5.74, 6) is -2.44. The van der Waals surface area contributed by atoms with Crippen LogP contribution in [0.1, 0.15) is 37.5 Å². The number of rotatable bonds is 3. The van der Waals surface area contributed by atoms with Gasteiger partial charge in [0.2, 0.25) is 23.5 Å². The average Bonchev–Trinajstić information content (AvgIpc) is 3.09. The summed E-state index contributed by atoms with van der Waals surface area (Å²) in [7, 11) is 1.01. The third-order valence-corrected chi connectivity index (χ3v) is 4.87. The molecule has 0 radical (unpaired) electrons. The standard InChI is InChI=1S/C15H18F3N5O4/c1-20-13(15(16,17)18)19-23(14(20)27)9-4-6-21(7-5-9)12(26)8-22-10(24)2-3-11(22)25/h9H,2-8H2,1H3.